The lowest BCUT2D eigenvalue weighted by molar-refractivity contribution is -0.153. The molecule has 0 amide bonds. The van der Waals surface area contributed by atoms with Gasteiger partial charge in [0.2, 0.25) is 0 Å². The van der Waals surface area contributed by atoms with Crippen LogP contribution in [0.5, 0.6) is 5.75 Å². The van der Waals surface area contributed by atoms with E-state index in [1.807, 2.05) is 31.2 Å². The fraction of sp³-hybridized carbons (Fsp3) is 0.235. The number of oxazole rings is 1. The lowest BCUT2D eigenvalue weighted by Crippen LogP contribution is -2.19. The summed E-state index contributed by atoms with van der Waals surface area (Å²) in [5.74, 6) is 0.171. The number of rotatable bonds is 5. The second-order valence-corrected chi connectivity index (χ2v) is 5.33. The predicted octanol–water partition coefficient (Wildman–Crippen LogP) is 4.94. The third-order valence-corrected chi connectivity index (χ3v) is 3.42. The average molecular weight is 336 g/mol. The number of aromatic nitrogens is 1. The van der Waals surface area contributed by atoms with E-state index >= 15 is 0 Å². The van der Waals surface area contributed by atoms with Crippen LogP contribution < -0.4 is 10.1 Å². The quantitative estimate of drug-likeness (QED) is 0.717. The first-order chi connectivity index (χ1) is 11.4. The van der Waals surface area contributed by atoms with Gasteiger partial charge in [-0.25, -0.2) is 0 Å². The van der Waals surface area contributed by atoms with Crippen molar-refractivity contribution in [3.63, 3.8) is 0 Å². The van der Waals surface area contributed by atoms with Gasteiger partial charge in [0.25, 0.3) is 6.01 Å². The van der Waals surface area contributed by atoms with Gasteiger partial charge in [0.1, 0.15) is 11.3 Å². The molecule has 126 valence electrons. The molecule has 0 saturated carbocycles. The molecule has 1 unspecified atom stereocenters. The zero-order valence-corrected chi connectivity index (χ0v) is 12.8. The molecular weight excluding hydrogens is 321 g/mol. The molecule has 1 heterocycles. The van der Waals surface area contributed by atoms with Gasteiger partial charge in [-0.15, -0.1) is 0 Å². The molecule has 1 aromatic heterocycles. The highest BCUT2D eigenvalue weighted by molar-refractivity contribution is 5.74. The van der Waals surface area contributed by atoms with Crippen LogP contribution in [0, 0.1) is 0 Å². The van der Waals surface area contributed by atoms with Crippen LogP contribution in [-0.4, -0.2) is 17.8 Å². The molecule has 4 nitrogen and oxygen atoms in total. The van der Waals surface area contributed by atoms with E-state index in [9.17, 15) is 13.2 Å². The topological polar surface area (TPSA) is 47.3 Å². The van der Waals surface area contributed by atoms with Crippen LogP contribution in [0.4, 0.5) is 19.2 Å². The smallest absolute Gasteiger partial charge is 0.422 e. The second-order valence-electron chi connectivity index (χ2n) is 5.33. The Morgan fingerprint density at radius 1 is 1.12 bits per heavy atom. The molecule has 0 radical (unpaired) electrons. The molecular formula is C17H15F3N2O2. The van der Waals surface area contributed by atoms with Crippen molar-refractivity contribution in [2.75, 3.05) is 11.9 Å². The SMILES string of the molecule is CC(Nc1nc2ccccc2o1)c1ccc(OCC(F)(F)F)cc1. The lowest BCUT2D eigenvalue weighted by Gasteiger charge is -2.14. The molecule has 0 aliphatic heterocycles. The molecule has 0 bridgehead atoms. The molecule has 1 atom stereocenters. The fourth-order valence-corrected chi connectivity index (χ4v) is 2.22. The maximum atomic E-state index is 12.1. The molecule has 2 aromatic carbocycles. The minimum atomic E-state index is -4.35. The lowest BCUT2D eigenvalue weighted by atomic mass is 10.1. The number of nitrogens with one attached hydrogen (secondary N) is 1. The van der Waals surface area contributed by atoms with Crippen molar-refractivity contribution in [2.45, 2.75) is 19.1 Å². The largest absolute Gasteiger partial charge is 0.484 e. The summed E-state index contributed by atoms with van der Waals surface area (Å²) in [6.07, 6.45) is -4.35. The number of halogens is 3. The number of nitrogens with zero attached hydrogens (tertiary/aromatic N) is 1. The Hall–Kier alpha value is -2.70. The minimum Gasteiger partial charge on any atom is -0.484 e. The summed E-state index contributed by atoms with van der Waals surface area (Å²) in [5.41, 5.74) is 2.31. The Bertz CT molecular complexity index is 780. The van der Waals surface area contributed by atoms with E-state index < -0.39 is 12.8 Å². The number of para-hydroxylation sites is 2. The van der Waals surface area contributed by atoms with E-state index in [2.05, 4.69) is 15.0 Å². The van der Waals surface area contributed by atoms with Gasteiger partial charge in [0, 0.05) is 0 Å². The Kier molecular flexibility index (Phi) is 4.33. The van der Waals surface area contributed by atoms with Crippen LogP contribution in [0.2, 0.25) is 0 Å². The van der Waals surface area contributed by atoms with Gasteiger partial charge in [0.05, 0.1) is 6.04 Å². The third kappa shape index (κ3) is 3.98. The van der Waals surface area contributed by atoms with Crippen LogP contribution in [0.3, 0.4) is 0 Å². The standard InChI is InChI=1S/C17H15F3N2O2/c1-11(21-16-22-14-4-2-3-5-15(14)24-16)12-6-8-13(9-7-12)23-10-17(18,19)20/h2-9,11H,10H2,1H3,(H,21,22). The van der Waals surface area contributed by atoms with Gasteiger partial charge in [-0.2, -0.15) is 18.2 Å². The van der Waals surface area contributed by atoms with E-state index in [4.69, 9.17) is 4.42 Å². The summed E-state index contributed by atoms with van der Waals surface area (Å²) >= 11 is 0. The number of ether oxygens (including phenoxy) is 1. The number of fused-ring (bicyclic) bond motifs is 1. The maximum Gasteiger partial charge on any atom is 0.422 e. The highest BCUT2D eigenvalue weighted by Gasteiger charge is 2.28. The molecule has 24 heavy (non-hydrogen) atoms. The van der Waals surface area contributed by atoms with E-state index in [0.29, 0.717) is 11.6 Å². The van der Waals surface area contributed by atoms with Crippen molar-refractivity contribution >= 4 is 17.1 Å². The predicted molar refractivity (Wildman–Crippen MR) is 84.0 cm³/mol. The summed E-state index contributed by atoms with van der Waals surface area (Å²) in [4.78, 5) is 4.32. The van der Waals surface area contributed by atoms with E-state index in [0.717, 1.165) is 11.1 Å². The monoisotopic (exact) mass is 336 g/mol. The molecule has 0 aliphatic carbocycles. The first kappa shape index (κ1) is 16.2. The third-order valence-electron chi connectivity index (χ3n) is 3.42. The first-order valence-electron chi connectivity index (χ1n) is 7.32. The van der Waals surface area contributed by atoms with Crippen molar-refractivity contribution in [1.29, 1.82) is 0 Å². The Morgan fingerprint density at radius 3 is 2.50 bits per heavy atom. The number of alkyl halides is 3. The average Bonchev–Trinajstić information content (AvgIpc) is 2.95. The van der Waals surface area contributed by atoms with Crippen LogP contribution in [0.15, 0.2) is 52.9 Å². The highest BCUT2D eigenvalue weighted by Crippen LogP contribution is 2.25. The van der Waals surface area contributed by atoms with Gasteiger partial charge in [-0.1, -0.05) is 24.3 Å². The summed E-state index contributed by atoms with van der Waals surface area (Å²) in [7, 11) is 0. The molecule has 0 aliphatic rings. The number of benzene rings is 2. The van der Waals surface area contributed by atoms with Crippen molar-refractivity contribution in [3.8, 4) is 5.75 Å². The van der Waals surface area contributed by atoms with E-state index in [-0.39, 0.29) is 11.8 Å². The molecule has 3 rings (SSSR count). The van der Waals surface area contributed by atoms with Crippen molar-refractivity contribution in [3.05, 3.63) is 54.1 Å². The molecule has 3 aromatic rings. The molecule has 0 saturated heterocycles. The van der Waals surface area contributed by atoms with Crippen LogP contribution in [-0.2, 0) is 0 Å². The zero-order chi connectivity index (χ0) is 17.2. The van der Waals surface area contributed by atoms with Gasteiger partial charge < -0.3 is 14.5 Å². The van der Waals surface area contributed by atoms with Crippen molar-refractivity contribution < 1.29 is 22.3 Å². The second kappa shape index (κ2) is 6.43. The van der Waals surface area contributed by atoms with Crippen molar-refractivity contribution in [1.82, 2.24) is 4.98 Å². The Labute approximate surface area is 136 Å². The maximum absolute atomic E-state index is 12.1. The van der Waals surface area contributed by atoms with Crippen LogP contribution >= 0.6 is 0 Å². The Morgan fingerprint density at radius 2 is 1.83 bits per heavy atom. The van der Waals surface area contributed by atoms with Gasteiger partial charge in [-0.3, -0.25) is 0 Å². The summed E-state index contributed by atoms with van der Waals surface area (Å²) in [6, 6.07) is 14.1. The minimum absolute atomic E-state index is 0.130. The number of hydrogen-bond acceptors (Lipinski definition) is 4. The van der Waals surface area contributed by atoms with Crippen LogP contribution in [0.25, 0.3) is 11.1 Å². The Balaban J connectivity index is 1.65. The van der Waals surface area contributed by atoms with Crippen LogP contribution in [0.1, 0.15) is 18.5 Å². The molecule has 0 fully saturated rings. The zero-order valence-electron chi connectivity index (χ0n) is 12.8. The van der Waals surface area contributed by atoms with E-state index in [1.165, 1.54) is 12.1 Å². The van der Waals surface area contributed by atoms with Gasteiger partial charge in [0.15, 0.2) is 12.2 Å². The summed E-state index contributed by atoms with van der Waals surface area (Å²) in [6.45, 7) is 0.601. The fourth-order valence-electron chi connectivity index (χ4n) is 2.22. The van der Waals surface area contributed by atoms with Gasteiger partial charge in [-0.05, 0) is 36.8 Å². The first-order valence-corrected chi connectivity index (χ1v) is 7.32. The normalized spacial score (nSPS) is 13.0. The summed E-state index contributed by atoms with van der Waals surface area (Å²) < 4.78 is 46.7. The van der Waals surface area contributed by atoms with E-state index in [1.54, 1.807) is 12.1 Å². The number of anilines is 1. The molecule has 1 N–H and O–H groups in total. The summed E-state index contributed by atoms with van der Waals surface area (Å²) in [5, 5.41) is 3.12. The molecule has 0 spiro atoms. The number of hydrogen-bond donors (Lipinski definition) is 1. The van der Waals surface area contributed by atoms with Gasteiger partial charge >= 0.3 is 6.18 Å². The molecule has 7 heteroatoms. The highest BCUT2D eigenvalue weighted by atomic mass is 19.4. The van der Waals surface area contributed by atoms with Crippen molar-refractivity contribution in [2.24, 2.45) is 0 Å².